The van der Waals surface area contributed by atoms with Gasteiger partial charge in [-0.15, -0.1) is 0 Å². The van der Waals surface area contributed by atoms with Gasteiger partial charge < -0.3 is 10.0 Å². The molecule has 2 atom stereocenters. The molecule has 2 fully saturated rings. The molecule has 3 heterocycles. The van der Waals surface area contributed by atoms with Crippen LogP contribution in [0.25, 0.3) is 0 Å². The Morgan fingerprint density at radius 2 is 2.09 bits per heavy atom. The quantitative estimate of drug-likeness (QED) is 0.827. The van der Waals surface area contributed by atoms with E-state index >= 15 is 0 Å². The Morgan fingerprint density at radius 1 is 1.35 bits per heavy atom. The van der Waals surface area contributed by atoms with Crippen molar-refractivity contribution in [3.05, 3.63) is 11.9 Å². The zero-order valence-electron chi connectivity index (χ0n) is 13.3. The van der Waals surface area contributed by atoms with Gasteiger partial charge in [0.15, 0.2) is 0 Å². The summed E-state index contributed by atoms with van der Waals surface area (Å²) in [6.45, 7) is 4.77. The topological polar surface area (TPSA) is 102 Å². The fourth-order valence-electron chi connectivity index (χ4n) is 3.90. The molecule has 0 radical (unpaired) electrons. The summed E-state index contributed by atoms with van der Waals surface area (Å²) in [6, 6.07) is 0.416. The molecule has 1 aromatic heterocycles. The molecule has 0 spiro atoms. The average molecular weight is 321 g/mol. The number of aromatic amines is 1. The number of aliphatic carboxylic acids is 1. The molecule has 0 bridgehead atoms. The molecule has 0 aromatic carbocycles. The summed E-state index contributed by atoms with van der Waals surface area (Å²) in [6.07, 6.45) is 3.75. The Balaban J connectivity index is 1.65. The van der Waals surface area contributed by atoms with E-state index in [-0.39, 0.29) is 24.2 Å². The van der Waals surface area contributed by atoms with Crippen LogP contribution in [0.1, 0.15) is 37.8 Å². The van der Waals surface area contributed by atoms with Gasteiger partial charge in [-0.25, -0.2) is 0 Å². The largest absolute Gasteiger partial charge is 0.481 e. The van der Waals surface area contributed by atoms with Crippen LogP contribution in [0.3, 0.4) is 0 Å². The number of carboxylic acids is 1. The van der Waals surface area contributed by atoms with Crippen molar-refractivity contribution in [2.45, 2.75) is 38.1 Å². The summed E-state index contributed by atoms with van der Waals surface area (Å²) in [4.78, 5) is 26.9. The smallest absolute Gasteiger partial charge is 0.303 e. The highest BCUT2D eigenvalue weighted by atomic mass is 16.4. The Hall–Kier alpha value is -1.96. The first-order valence-electron chi connectivity index (χ1n) is 8.11. The molecule has 1 aromatic rings. The number of carboxylic acid groups (broad SMARTS) is 1. The summed E-state index contributed by atoms with van der Waals surface area (Å²) >= 11 is 0. The second kappa shape index (κ2) is 6.66. The summed E-state index contributed by atoms with van der Waals surface area (Å²) in [5.74, 6) is -0.468. The number of likely N-dealkylation sites (tertiary alicyclic amines) is 2. The van der Waals surface area contributed by atoms with E-state index in [1.54, 1.807) is 13.1 Å². The Morgan fingerprint density at radius 3 is 2.65 bits per heavy atom. The van der Waals surface area contributed by atoms with Gasteiger partial charge in [0, 0.05) is 45.1 Å². The fraction of sp³-hybridized carbons (Fsp3) is 0.733. The maximum absolute atomic E-state index is 11.4. The van der Waals surface area contributed by atoms with Crippen molar-refractivity contribution in [3.63, 3.8) is 0 Å². The number of aromatic nitrogens is 3. The van der Waals surface area contributed by atoms with E-state index < -0.39 is 5.97 Å². The fourth-order valence-corrected chi connectivity index (χ4v) is 3.90. The van der Waals surface area contributed by atoms with Crippen LogP contribution in [0, 0.1) is 5.92 Å². The summed E-state index contributed by atoms with van der Waals surface area (Å²) in [5.41, 5.74) is 0.847. The monoisotopic (exact) mass is 321 g/mol. The summed E-state index contributed by atoms with van der Waals surface area (Å²) < 4.78 is 0. The second-order valence-electron chi connectivity index (χ2n) is 6.55. The molecule has 2 saturated heterocycles. The van der Waals surface area contributed by atoms with E-state index in [1.807, 2.05) is 4.90 Å². The van der Waals surface area contributed by atoms with Crippen LogP contribution in [-0.4, -0.2) is 74.4 Å². The van der Waals surface area contributed by atoms with Gasteiger partial charge in [0.2, 0.25) is 5.91 Å². The maximum Gasteiger partial charge on any atom is 0.303 e. The lowest BCUT2D eigenvalue weighted by Gasteiger charge is -2.36. The molecule has 1 amide bonds. The van der Waals surface area contributed by atoms with Crippen LogP contribution in [0.5, 0.6) is 0 Å². The van der Waals surface area contributed by atoms with Crippen LogP contribution < -0.4 is 0 Å². The number of carbonyl (C=O) groups is 2. The molecule has 0 saturated carbocycles. The van der Waals surface area contributed by atoms with Crippen LogP contribution >= 0.6 is 0 Å². The predicted octanol–water partition coefficient (Wildman–Crippen LogP) is 0.306. The van der Waals surface area contributed by atoms with E-state index in [1.165, 1.54) is 0 Å². The van der Waals surface area contributed by atoms with Gasteiger partial charge in [-0.2, -0.15) is 15.4 Å². The van der Waals surface area contributed by atoms with Gasteiger partial charge in [-0.3, -0.25) is 14.5 Å². The number of hydrogen-bond donors (Lipinski definition) is 2. The molecule has 8 nitrogen and oxygen atoms in total. The summed E-state index contributed by atoms with van der Waals surface area (Å²) in [7, 11) is 0. The molecule has 0 unspecified atom stereocenters. The minimum Gasteiger partial charge on any atom is -0.481 e. The first-order chi connectivity index (χ1) is 11.0. The van der Waals surface area contributed by atoms with E-state index in [4.69, 9.17) is 0 Å². The van der Waals surface area contributed by atoms with Crippen molar-refractivity contribution in [2.75, 3.05) is 26.2 Å². The highest BCUT2D eigenvalue weighted by Gasteiger charge is 2.40. The highest BCUT2D eigenvalue weighted by molar-refractivity contribution is 5.73. The lowest BCUT2D eigenvalue weighted by atomic mass is 9.91. The van der Waals surface area contributed by atoms with Gasteiger partial charge in [0.25, 0.3) is 0 Å². The van der Waals surface area contributed by atoms with Crippen molar-refractivity contribution in [2.24, 2.45) is 5.92 Å². The van der Waals surface area contributed by atoms with Crippen LogP contribution in [-0.2, 0) is 9.59 Å². The van der Waals surface area contributed by atoms with Gasteiger partial charge >= 0.3 is 5.97 Å². The number of nitrogens with one attached hydrogen (secondary N) is 1. The zero-order chi connectivity index (χ0) is 16.4. The number of nitrogens with zero attached hydrogens (tertiary/aromatic N) is 4. The van der Waals surface area contributed by atoms with E-state index in [0.29, 0.717) is 6.04 Å². The van der Waals surface area contributed by atoms with Gasteiger partial charge in [-0.1, -0.05) is 0 Å². The molecular weight excluding hydrogens is 298 g/mol. The molecule has 2 aliphatic heterocycles. The number of amides is 1. The lowest BCUT2D eigenvalue weighted by Crippen LogP contribution is -2.45. The molecule has 3 rings (SSSR count). The lowest BCUT2D eigenvalue weighted by molar-refractivity contribution is -0.138. The van der Waals surface area contributed by atoms with Crippen molar-refractivity contribution < 1.29 is 14.7 Å². The van der Waals surface area contributed by atoms with E-state index in [9.17, 15) is 14.7 Å². The van der Waals surface area contributed by atoms with Crippen molar-refractivity contribution in [1.82, 2.24) is 25.2 Å². The van der Waals surface area contributed by atoms with E-state index in [2.05, 4.69) is 20.3 Å². The number of carbonyl (C=O) groups excluding carboxylic acids is 1. The standard InChI is InChI=1S/C15H23N5O3/c1-10(21)19-4-2-12(3-5-19)20-8-11(6-15(22)23)13(9-20)14-7-16-18-17-14/h7,11-13H,2-6,8-9H2,1H3,(H,22,23)(H,16,17,18)/t11-,13+/m1/s1. The van der Waals surface area contributed by atoms with Crippen LogP contribution in [0.4, 0.5) is 0 Å². The molecule has 8 heteroatoms. The normalized spacial score (nSPS) is 26.6. The Bertz CT molecular complexity index is 553. The van der Waals surface area contributed by atoms with Crippen molar-refractivity contribution in [3.8, 4) is 0 Å². The van der Waals surface area contributed by atoms with Crippen LogP contribution in [0.15, 0.2) is 6.20 Å². The molecule has 0 aliphatic carbocycles. The SMILES string of the molecule is CC(=O)N1CCC(N2C[C@@H](CC(=O)O)[C@@H](c3cn[nH]n3)C2)CC1. The third-order valence-corrected chi connectivity index (χ3v) is 5.15. The zero-order valence-corrected chi connectivity index (χ0v) is 13.3. The minimum atomic E-state index is -0.767. The number of hydrogen-bond acceptors (Lipinski definition) is 5. The van der Waals surface area contributed by atoms with Crippen molar-refractivity contribution >= 4 is 11.9 Å². The first-order valence-corrected chi connectivity index (χ1v) is 8.11. The third kappa shape index (κ3) is 3.52. The highest BCUT2D eigenvalue weighted by Crippen LogP contribution is 2.36. The molecule has 126 valence electrons. The second-order valence-corrected chi connectivity index (χ2v) is 6.55. The average Bonchev–Trinajstić information content (AvgIpc) is 3.16. The molecule has 23 heavy (non-hydrogen) atoms. The Labute approximate surface area is 134 Å². The number of piperidine rings is 1. The van der Waals surface area contributed by atoms with Gasteiger partial charge in [0.05, 0.1) is 18.3 Å². The number of H-pyrrole nitrogens is 1. The maximum atomic E-state index is 11.4. The molecule has 2 N–H and O–H groups in total. The minimum absolute atomic E-state index is 0.0587. The number of rotatable bonds is 4. The summed E-state index contributed by atoms with van der Waals surface area (Å²) in [5, 5.41) is 19.8. The van der Waals surface area contributed by atoms with Gasteiger partial charge in [-0.05, 0) is 18.8 Å². The molecule has 2 aliphatic rings. The van der Waals surface area contributed by atoms with Gasteiger partial charge in [0.1, 0.15) is 0 Å². The third-order valence-electron chi connectivity index (χ3n) is 5.15. The van der Waals surface area contributed by atoms with Crippen molar-refractivity contribution in [1.29, 1.82) is 0 Å². The van der Waals surface area contributed by atoms with Crippen LogP contribution in [0.2, 0.25) is 0 Å². The Kier molecular flexibility index (Phi) is 4.61. The van der Waals surface area contributed by atoms with E-state index in [0.717, 1.165) is 44.7 Å². The molecular formula is C15H23N5O3. The predicted molar refractivity (Wildman–Crippen MR) is 81.7 cm³/mol. The first kappa shape index (κ1) is 15.9.